The summed E-state index contributed by atoms with van der Waals surface area (Å²) in [6.45, 7) is 1.80. The van der Waals surface area contributed by atoms with Crippen LogP contribution in [0.5, 0.6) is 5.75 Å². The third-order valence-corrected chi connectivity index (χ3v) is 4.76. The number of pyridine rings is 1. The van der Waals surface area contributed by atoms with Crippen molar-refractivity contribution < 1.29 is 9.53 Å². The number of nitrogens with zero attached hydrogens (tertiary/aromatic N) is 3. The molecule has 1 amide bonds. The molecule has 8 nitrogen and oxygen atoms in total. The summed E-state index contributed by atoms with van der Waals surface area (Å²) >= 11 is 0. The van der Waals surface area contributed by atoms with Gasteiger partial charge in [-0.15, -0.1) is 0 Å². The number of methoxy groups -OCH3 is 1. The molecule has 3 heterocycles. The molecule has 0 unspecified atom stereocenters. The van der Waals surface area contributed by atoms with Crippen molar-refractivity contribution in [2.75, 3.05) is 7.11 Å². The van der Waals surface area contributed by atoms with Crippen LogP contribution in [-0.2, 0) is 11.2 Å². The lowest BCUT2D eigenvalue weighted by atomic mass is 10.1. The van der Waals surface area contributed by atoms with Crippen LogP contribution in [0.2, 0.25) is 0 Å². The SMILES string of the molecule is COc1cccc(CC(=O)N[C@H](C)c2cc(=O)n3[nH]c(-c4cccnc4)cc3n2)c1. The zero-order valence-electron chi connectivity index (χ0n) is 16.6. The highest BCUT2D eigenvalue weighted by Crippen LogP contribution is 2.18. The molecule has 1 aromatic carbocycles. The number of hydrogen-bond donors (Lipinski definition) is 2. The standard InChI is InChI=1S/C22H21N5O3/c1-14(24-21(28)10-15-5-3-7-17(9-15)30-2)18-12-22(29)27-20(25-18)11-19(26-27)16-6-4-8-23-13-16/h3-9,11-14,26H,10H2,1-2H3,(H,24,28)/t14-/m1/s1. The smallest absolute Gasteiger partial charge is 0.272 e. The van der Waals surface area contributed by atoms with E-state index in [0.29, 0.717) is 17.1 Å². The Balaban J connectivity index is 1.53. The average Bonchev–Trinajstić information content (AvgIpc) is 3.19. The lowest BCUT2D eigenvalue weighted by Crippen LogP contribution is -2.30. The Bertz CT molecular complexity index is 1250. The first kappa shape index (κ1) is 19.4. The Labute approximate surface area is 172 Å². The quantitative estimate of drug-likeness (QED) is 0.515. The summed E-state index contributed by atoms with van der Waals surface area (Å²) in [6, 6.07) is 13.9. The lowest BCUT2D eigenvalue weighted by molar-refractivity contribution is -0.121. The topological polar surface area (TPSA) is 101 Å². The van der Waals surface area contributed by atoms with Gasteiger partial charge in [0.05, 0.1) is 31.0 Å². The zero-order valence-corrected chi connectivity index (χ0v) is 16.6. The van der Waals surface area contributed by atoms with Gasteiger partial charge in [0.25, 0.3) is 5.56 Å². The molecule has 152 valence electrons. The van der Waals surface area contributed by atoms with Crippen molar-refractivity contribution in [3.63, 3.8) is 0 Å². The highest BCUT2D eigenvalue weighted by molar-refractivity contribution is 5.79. The molecule has 30 heavy (non-hydrogen) atoms. The Kier molecular flexibility index (Phi) is 5.30. The summed E-state index contributed by atoms with van der Waals surface area (Å²) < 4.78 is 6.56. The molecule has 2 N–H and O–H groups in total. The van der Waals surface area contributed by atoms with E-state index < -0.39 is 6.04 Å². The number of amides is 1. The van der Waals surface area contributed by atoms with Crippen LogP contribution in [-0.4, -0.2) is 32.6 Å². The van der Waals surface area contributed by atoms with Crippen LogP contribution in [0.25, 0.3) is 16.9 Å². The predicted octanol–water partition coefficient (Wildman–Crippen LogP) is 2.51. The Morgan fingerprint density at radius 2 is 2.10 bits per heavy atom. The van der Waals surface area contributed by atoms with Crippen molar-refractivity contribution in [1.29, 1.82) is 0 Å². The second kappa shape index (κ2) is 8.20. The summed E-state index contributed by atoms with van der Waals surface area (Å²) in [4.78, 5) is 33.6. The van der Waals surface area contributed by atoms with Crippen LogP contribution >= 0.6 is 0 Å². The Morgan fingerprint density at radius 1 is 1.23 bits per heavy atom. The molecule has 4 aromatic rings. The molecule has 0 fully saturated rings. The van der Waals surface area contributed by atoms with E-state index in [9.17, 15) is 9.59 Å². The highest BCUT2D eigenvalue weighted by atomic mass is 16.5. The molecule has 0 saturated heterocycles. The number of H-pyrrole nitrogens is 1. The lowest BCUT2D eigenvalue weighted by Gasteiger charge is -2.13. The fourth-order valence-corrected chi connectivity index (χ4v) is 3.24. The van der Waals surface area contributed by atoms with Crippen LogP contribution in [0, 0.1) is 0 Å². The molecule has 1 atom stereocenters. The van der Waals surface area contributed by atoms with Crippen LogP contribution in [0.4, 0.5) is 0 Å². The van der Waals surface area contributed by atoms with Gasteiger partial charge in [0.15, 0.2) is 5.65 Å². The summed E-state index contributed by atoms with van der Waals surface area (Å²) in [7, 11) is 1.59. The molecular formula is C22H21N5O3. The monoisotopic (exact) mass is 403 g/mol. The van der Waals surface area contributed by atoms with Crippen molar-refractivity contribution in [3.05, 3.63) is 82.5 Å². The number of benzene rings is 1. The number of aromatic nitrogens is 4. The van der Waals surface area contributed by atoms with E-state index in [1.807, 2.05) is 36.4 Å². The number of ether oxygens (including phenoxy) is 1. The first-order valence-electron chi connectivity index (χ1n) is 9.49. The van der Waals surface area contributed by atoms with Gasteiger partial charge < -0.3 is 10.1 Å². The van der Waals surface area contributed by atoms with Gasteiger partial charge in [0.1, 0.15) is 5.75 Å². The maximum absolute atomic E-state index is 12.5. The number of carbonyl (C=O) groups excluding carboxylic acids is 1. The molecule has 0 spiro atoms. The van der Waals surface area contributed by atoms with Crippen LogP contribution in [0.1, 0.15) is 24.2 Å². The van der Waals surface area contributed by atoms with E-state index in [-0.39, 0.29) is 17.9 Å². The van der Waals surface area contributed by atoms with Crippen molar-refractivity contribution >= 4 is 11.6 Å². The minimum absolute atomic E-state index is 0.164. The summed E-state index contributed by atoms with van der Waals surface area (Å²) in [5.41, 5.74) is 3.15. The van der Waals surface area contributed by atoms with E-state index >= 15 is 0 Å². The minimum atomic E-state index is -0.419. The summed E-state index contributed by atoms with van der Waals surface area (Å²) in [6.07, 6.45) is 3.60. The van der Waals surface area contributed by atoms with Gasteiger partial charge in [-0.05, 0) is 36.8 Å². The molecule has 0 bridgehead atoms. The molecule has 0 aliphatic carbocycles. The molecule has 0 saturated carbocycles. The molecule has 4 rings (SSSR count). The highest BCUT2D eigenvalue weighted by Gasteiger charge is 2.15. The van der Waals surface area contributed by atoms with Crippen molar-refractivity contribution in [3.8, 4) is 17.0 Å². The molecular weight excluding hydrogens is 382 g/mol. The van der Waals surface area contributed by atoms with Crippen molar-refractivity contribution in [1.82, 2.24) is 24.9 Å². The fourth-order valence-electron chi connectivity index (χ4n) is 3.24. The van der Waals surface area contributed by atoms with Gasteiger partial charge in [-0.25, -0.2) is 9.50 Å². The summed E-state index contributed by atoms with van der Waals surface area (Å²) in [5.74, 6) is 0.535. The molecule has 0 radical (unpaired) electrons. The Hall–Kier alpha value is -3.94. The van der Waals surface area contributed by atoms with Crippen LogP contribution in [0.15, 0.2) is 65.7 Å². The molecule has 0 aliphatic heterocycles. The van der Waals surface area contributed by atoms with Gasteiger partial charge in [-0.2, -0.15) is 0 Å². The number of rotatable bonds is 6. The van der Waals surface area contributed by atoms with Crippen LogP contribution < -0.4 is 15.6 Å². The van der Waals surface area contributed by atoms with E-state index in [2.05, 4.69) is 20.4 Å². The first-order valence-corrected chi connectivity index (χ1v) is 9.49. The van der Waals surface area contributed by atoms with Gasteiger partial charge >= 0.3 is 0 Å². The predicted molar refractivity (Wildman–Crippen MR) is 112 cm³/mol. The van der Waals surface area contributed by atoms with E-state index in [1.165, 1.54) is 10.6 Å². The molecule has 3 aromatic heterocycles. The normalized spacial score (nSPS) is 11.9. The van der Waals surface area contributed by atoms with Gasteiger partial charge in [0.2, 0.25) is 5.91 Å². The fraction of sp³-hybridized carbons (Fsp3) is 0.182. The molecule has 8 heteroatoms. The van der Waals surface area contributed by atoms with Gasteiger partial charge in [-0.1, -0.05) is 12.1 Å². The minimum Gasteiger partial charge on any atom is -0.497 e. The first-order chi connectivity index (χ1) is 14.5. The third kappa shape index (κ3) is 4.07. The van der Waals surface area contributed by atoms with Crippen molar-refractivity contribution in [2.24, 2.45) is 0 Å². The van der Waals surface area contributed by atoms with Crippen LogP contribution in [0.3, 0.4) is 0 Å². The number of aromatic amines is 1. The summed E-state index contributed by atoms with van der Waals surface area (Å²) in [5, 5.41) is 5.93. The maximum atomic E-state index is 12.5. The van der Waals surface area contributed by atoms with E-state index in [0.717, 1.165) is 16.8 Å². The Morgan fingerprint density at radius 3 is 2.87 bits per heavy atom. The number of hydrogen-bond acceptors (Lipinski definition) is 5. The second-order valence-electron chi connectivity index (χ2n) is 6.94. The number of nitrogens with one attached hydrogen (secondary N) is 2. The van der Waals surface area contributed by atoms with E-state index in [4.69, 9.17) is 4.74 Å². The maximum Gasteiger partial charge on any atom is 0.272 e. The number of carbonyl (C=O) groups is 1. The van der Waals surface area contributed by atoms with E-state index in [1.54, 1.807) is 32.5 Å². The second-order valence-corrected chi connectivity index (χ2v) is 6.94. The van der Waals surface area contributed by atoms with Gasteiger partial charge in [-0.3, -0.25) is 19.7 Å². The molecule has 0 aliphatic rings. The van der Waals surface area contributed by atoms with Gasteiger partial charge in [0, 0.05) is 30.1 Å². The average molecular weight is 403 g/mol. The third-order valence-electron chi connectivity index (χ3n) is 4.76. The largest absolute Gasteiger partial charge is 0.497 e. The zero-order chi connectivity index (χ0) is 21.1. The number of fused-ring (bicyclic) bond motifs is 1. The van der Waals surface area contributed by atoms with Crippen molar-refractivity contribution in [2.45, 2.75) is 19.4 Å².